The van der Waals surface area contributed by atoms with Crippen molar-refractivity contribution in [1.29, 1.82) is 0 Å². The third kappa shape index (κ3) is 4.30. The van der Waals surface area contributed by atoms with Crippen molar-refractivity contribution in [2.45, 2.75) is 45.8 Å². The van der Waals surface area contributed by atoms with Gasteiger partial charge in [0.05, 0.1) is 11.7 Å². The van der Waals surface area contributed by atoms with Crippen molar-refractivity contribution in [2.24, 2.45) is 5.73 Å². The van der Waals surface area contributed by atoms with E-state index < -0.39 is 5.91 Å². The maximum Gasteiger partial charge on any atom is 0.252 e. The largest absolute Gasteiger partial charge is 0.490 e. The number of hydrogen-bond acceptors (Lipinski definition) is 5. The van der Waals surface area contributed by atoms with Crippen molar-refractivity contribution in [1.82, 2.24) is 9.88 Å². The summed E-state index contributed by atoms with van der Waals surface area (Å²) in [6.45, 7) is 6.72. The maximum atomic E-state index is 11.8. The van der Waals surface area contributed by atoms with Crippen LogP contribution in [0, 0.1) is 0 Å². The van der Waals surface area contributed by atoms with Gasteiger partial charge in [-0.25, -0.2) is 4.98 Å². The fourth-order valence-corrected chi connectivity index (χ4v) is 3.26. The molecular formula is C20H25N3O4. The third-order valence-electron chi connectivity index (χ3n) is 4.62. The molecule has 7 heteroatoms. The number of benzene rings is 1. The summed E-state index contributed by atoms with van der Waals surface area (Å²) < 4.78 is 11.9. The van der Waals surface area contributed by atoms with Crippen molar-refractivity contribution >= 4 is 22.6 Å². The summed E-state index contributed by atoms with van der Waals surface area (Å²) in [5.74, 6) is 0.474. The smallest absolute Gasteiger partial charge is 0.252 e. The van der Waals surface area contributed by atoms with Gasteiger partial charge >= 0.3 is 0 Å². The summed E-state index contributed by atoms with van der Waals surface area (Å²) in [6, 6.07) is 5.29. The fraction of sp³-hybridized carbons (Fsp3) is 0.450. The van der Waals surface area contributed by atoms with E-state index in [0.29, 0.717) is 30.3 Å². The zero-order valence-corrected chi connectivity index (χ0v) is 15.9. The molecule has 1 fully saturated rings. The molecule has 0 saturated carbocycles. The lowest BCUT2D eigenvalue weighted by Crippen LogP contribution is -2.40. The lowest BCUT2D eigenvalue weighted by Gasteiger charge is -2.31. The number of pyridine rings is 1. The topological polar surface area (TPSA) is 94.8 Å². The Kier molecular flexibility index (Phi) is 5.48. The van der Waals surface area contributed by atoms with Gasteiger partial charge in [-0.3, -0.25) is 9.59 Å². The van der Waals surface area contributed by atoms with Crippen LogP contribution in [0.1, 0.15) is 44.0 Å². The Morgan fingerprint density at radius 1 is 1.26 bits per heavy atom. The highest BCUT2D eigenvalue weighted by Crippen LogP contribution is 2.32. The van der Waals surface area contributed by atoms with Crippen LogP contribution in [-0.2, 0) is 4.79 Å². The van der Waals surface area contributed by atoms with Crippen molar-refractivity contribution in [3.63, 3.8) is 0 Å². The molecule has 144 valence electrons. The first-order valence-corrected chi connectivity index (χ1v) is 9.16. The van der Waals surface area contributed by atoms with Gasteiger partial charge in [0.15, 0.2) is 0 Å². The lowest BCUT2D eigenvalue weighted by atomic mass is 10.1. The van der Waals surface area contributed by atoms with E-state index >= 15 is 0 Å². The van der Waals surface area contributed by atoms with E-state index in [1.54, 1.807) is 25.3 Å². The molecule has 1 aliphatic heterocycles. The minimum absolute atomic E-state index is 0.0102. The average molecular weight is 371 g/mol. The second kappa shape index (κ2) is 7.82. The molecule has 0 spiro atoms. The summed E-state index contributed by atoms with van der Waals surface area (Å²) in [6.07, 6.45) is 3.05. The summed E-state index contributed by atoms with van der Waals surface area (Å²) in [7, 11) is 0. The van der Waals surface area contributed by atoms with Gasteiger partial charge in [-0.2, -0.15) is 0 Å². The number of amides is 2. The molecule has 1 saturated heterocycles. The van der Waals surface area contributed by atoms with Crippen molar-refractivity contribution in [3.8, 4) is 11.6 Å². The first kappa shape index (κ1) is 18.9. The van der Waals surface area contributed by atoms with E-state index in [1.165, 1.54) is 0 Å². The lowest BCUT2D eigenvalue weighted by molar-refractivity contribution is -0.130. The molecule has 2 N–H and O–H groups in total. The van der Waals surface area contributed by atoms with Crippen LogP contribution in [0.25, 0.3) is 10.8 Å². The molecular weight excluding hydrogens is 346 g/mol. The van der Waals surface area contributed by atoms with Crippen LogP contribution in [0.15, 0.2) is 24.4 Å². The fourth-order valence-electron chi connectivity index (χ4n) is 3.26. The Bertz CT molecular complexity index is 858. The predicted molar refractivity (Wildman–Crippen MR) is 102 cm³/mol. The number of carbonyl (C=O) groups is 2. The van der Waals surface area contributed by atoms with Crippen LogP contribution in [0.5, 0.6) is 11.6 Å². The second-order valence-corrected chi connectivity index (χ2v) is 7.04. The van der Waals surface area contributed by atoms with Crippen LogP contribution >= 0.6 is 0 Å². The highest BCUT2D eigenvalue weighted by Gasteiger charge is 2.23. The van der Waals surface area contributed by atoms with Gasteiger partial charge in [0.2, 0.25) is 11.8 Å². The Balaban J connectivity index is 1.90. The third-order valence-corrected chi connectivity index (χ3v) is 4.62. The van der Waals surface area contributed by atoms with Gasteiger partial charge in [0.1, 0.15) is 11.9 Å². The zero-order valence-electron chi connectivity index (χ0n) is 15.9. The van der Waals surface area contributed by atoms with Gasteiger partial charge in [0, 0.05) is 44.4 Å². The summed E-state index contributed by atoms with van der Waals surface area (Å²) in [5, 5.41) is 1.58. The highest BCUT2D eigenvalue weighted by atomic mass is 16.5. The first-order chi connectivity index (χ1) is 12.8. The van der Waals surface area contributed by atoms with E-state index in [9.17, 15) is 9.59 Å². The maximum absolute atomic E-state index is 11.8. The van der Waals surface area contributed by atoms with E-state index in [0.717, 1.165) is 23.6 Å². The van der Waals surface area contributed by atoms with Gasteiger partial charge in [-0.05, 0) is 37.4 Å². The molecule has 0 atom stereocenters. The van der Waals surface area contributed by atoms with Crippen molar-refractivity contribution < 1.29 is 19.1 Å². The second-order valence-electron chi connectivity index (χ2n) is 7.04. The SMILES string of the molecule is CC(=O)N1CCC(Oc2nccc3cc(C(N)=O)c(OC(C)C)cc23)CC1. The summed E-state index contributed by atoms with van der Waals surface area (Å²) >= 11 is 0. The number of piperidine rings is 1. The molecule has 2 amide bonds. The molecule has 1 aromatic carbocycles. The number of aromatic nitrogens is 1. The first-order valence-electron chi connectivity index (χ1n) is 9.16. The molecule has 0 unspecified atom stereocenters. The summed E-state index contributed by atoms with van der Waals surface area (Å²) in [5.41, 5.74) is 5.84. The van der Waals surface area contributed by atoms with Crippen LogP contribution in [0.2, 0.25) is 0 Å². The number of nitrogens with zero attached hydrogens (tertiary/aromatic N) is 2. The van der Waals surface area contributed by atoms with Gasteiger partial charge in [-0.15, -0.1) is 0 Å². The van der Waals surface area contributed by atoms with E-state index in [1.807, 2.05) is 24.8 Å². The number of ether oxygens (including phenoxy) is 2. The highest BCUT2D eigenvalue weighted by molar-refractivity contribution is 6.01. The van der Waals surface area contributed by atoms with Crippen molar-refractivity contribution in [3.05, 3.63) is 30.0 Å². The minimum atomic E-state index is -0.538. The molecule has 0 aliphatic carbocycles. The number of primary amides is 1. The number of fused-ring (bicyclic) bond motifs is 1. The van der Waals surface area contributed by atoms with Crippen LogP contribution in [-0.4, -0.2) is 47.0 Å². The number of nitrogens with two attached hydrogens (primary N) is 1. The molecule has 1 aliphatic rings. The molecule has 3 rings (SSSR count). The minimum Gasteiger partial charge on any atom is -0.490 e. The molecule has 27 heavy (non-hydrogen) atoms. The Hall–Kier alpha value is -2.83. The van der Waals surface area contributed by atoms with Gasteiger partial charge in [-0.1, -0.05) is 0 Å². The van der Waals surface area contributed by atoms with Crippen LogP contribution in [0.4, 0.5) is 0 Å². The molecule has 2 heterocycles. The molecule has 2 aromatic rings. The van der Waals surface area contributed by atoms with E-state index in [4.69, 9.17) is 15.2 Å². The van der Waals surface area contributed by atoms with Gasteiger partial charge < -0.3 is 20.1 Å². The monoisotopic (exact) mass is 371 g/mol. The van der Waals surface area contributed by atoms with Gasteiger partial charge in [0.25, 0.3) is 5.91 Å². The normalized spacial score (nSPS) is 15.2. The van der Waals surface area contributed by atoms with Crippen molar-refractivity contribution in [2.75, 3.05) is 13.1 Å². The standard InChI is InChI=1S/C20H25N3O4/c1-12(2)26-18-11-16-14(10-17(18)19(21)25)4-7-22-20(16)27-15-5-8-23(9-6-15)13(3)24/h4,7,10-12,15H,5-6,8-9H2,1-3H3,(H2,21,25). The average Bonchev–Trinajstić information content (AvgIpc) is 2.61. The summed E-state index contributed by atoms with van der Waals surface area (Å²) in [4.78, 5) is 29.5. The Morgan fingerprint density at radius 2 is 1.96 bits per heavy atom. The number of rotatable bonds is 5. The molecule has 7 nitrogen and oxygen atoms in total. The Labute approximate surface area is 158 Å². The number of carbonyl (C=O) groups excluding carboxylic acids is 2. The number of hydrogen-bond donors (Lipinski definition) is 1. The Morgan fingerprint density at radius 3 is 2.56 bits per heavy atom. The molecule has 1 aromatic heterocycles. The van der Waals surface area contributed by atoms with E-state index in [2.05, 4.69) is 4.98 Å². The number of likely N-dealkylation sites (tertiary alicyclic amines) is 1. The van der Waals surface area contributed by atoms with Crippen LogP contribution < -0.4 is 15.2 Å². The van der Waals surface area contributed by atoms with E-state index in [-0.39, 0.29) is 18.1 Å². The zero-order chi connectivity index (χ0) is 19.6. The predicted octanol–water partition coefficient (Wildman–Crippen LogP) is 2.51. The van der Waals surface area contributed by atoms with Crippen LogP contribution in [0.3, 0.4) is 0 Å². The quantitative estimate of drug-likeness (QED) is 0.871. The molecule has 0 radical (unpaired) electrons. The molecule has 0 bridgehead atoms.